The van der Waals surface area contributed by atoms with Gasteiger partial charge in [-0.1, -0.05) is 42.5 Å². The van der Waals surface area contributed by atoms with Gasteiger partial charge in [0.25, 0.3) is 0 Å². The molecule has 2 aromatic rings. The largest absolute Gasteiger partial charge is 0.287 e. The number of carbonyl (C=O) groups excluding carboxylic acids is 2. The van der Waals surface area contributed by atoms with Crippen molar-refractivity contribution in [3.63, 3.8) is 0 Å². The number of nitriles is 1. The Morgan fingerprint density at radius 1 is 0.923 bits per heavy atom. The molecule has 0 radical (unpaired) electrons. The van der Waals surface area contributed by atoms with E-state index in [-0.39, 0.29) is 17.9 Å². The highest BCUT2D eigenvalue weighted by Gasteiger charge is 2.66. The number of nitrogens with zero attached hydrogens (tertiary/aromatic N) is 2. The minimum Gasteiger partial charge on any atom is -0.287 e. The van der Waals surface area contributed by atoms with E-state index in [1.165, 1.54) is 4.90 Å². The number of para-hydroxylation sites is 1. The van der Waals surface area contributed by atoms with Crippen molar-refractivity contribution < 1.29 is 14.5 Å². The third kappa shape index (κ3) is 1.82. The van der Waals surface area contributed by atoms with E-state index in [0.717, 1.165) is 16.0 Å². The first-order valence-electron chi connectivity index (χ1n) is 8.68. The van der Waals surface area contributed by atoms with Crippen molar-refractivity contribution in [3.8, 4) is 6.07 Å². The first kappa shape index (κ1) is 15.1. The normalized spacial score (nSPS) is 31.3. The second kappa shape index (κ2) is 5.38. The molecule has 0 bridgehead atoms. The predicted molar refractivity (Wildman–Crippen MR) is 94.5 cm³/mol. The minimum atomic E-state index is -0.608. The number of rotatable bonds is 1. The van der Waals surface area contributed by atoms with Gasteiger partial charge in [0, 0.05) is 5.56 Å². The van der Waals surface area contributed by atoms with Crippen LogP contribution in [0.1, 0.15) is 17.2 Å². The number of benzene rings is 2. The Balaban J connectivity index is 1.65. The second-order valence-electron chi connectivity index (χ2n) is 6.95. The molecular formula is C21H16N3O2+. The summed E-state index contributed by atoms with van der Waals surface area (Å²) in [5.41, 5.74) is 2.67. The maximum Gasteiger partial charge on any atom is 0.245 e. The Bertz CT molecular complexity index is 992. The zero-order valence-corrected chi connectivity index (χ0v) is 13.9. The molecule has 2 fully saturated rings. The molecule has 2 aromatic carbocycles. The predicted octanol–water partition coefficient (Wildman–Crippen LogP) is 1.31. The Morgan fingerprint density at radius 2 is 1.62 bits per heavy atom. The van der Waals surface area contributed by atoms with E-state index in [9.17, 15) is 14.9 Å². The van der Waals surface area contributed by atoms with Crippen LogP contribution in [0.3, 0.4) is 0 Å². The van der Waals surface area contributed by atoms with Crippen LogP contribution in [0.4, 0.5) is 5.69 Å². The van der Waals surface area contributed by atoms with E-state index in [1.807, 2.05) is 54.7 Å². The number of hydrogen-bond acceptors (Lipinski definition) is 3. The molecule has 3 heterocycles. The van der Waals surface area contributed by atoms with Gasteiger partial charge in [0.15, 0.2) is 6.04 Å². The molecule has 3 aliphatic heterocycles. The van der Waals surface area contributed by atoms with Crippen LogP contribution in [-0.4, -0.2) is 17.9 Å². The summed E-state index contributed by atoms with van der Waals surface area (Å²) in [6.45, 7) is 0. The van der Waals surface area contributed by atoms with E-state index in [0.29, 0.717) is 5.69 Å². The Labute approximate surface area is 150 Å². The van der Waals surface area contributed by atoms with Gasteiger partial charge in [0.1, 0.15) is 23.9 Å². The molecule has 5 rings (SSSR count). The van der Waals surface area contributed by atoms with Crippen molar-refractivity contribution in [2.24, 2.45) is 11.8 Å². The maximum absolute atomic E-state index is 13.3. The summed E-state index contributed by atoms with van der Waals surface area (Å²) >= 11 is 0. The number of anilines is 1. The Kier molecular flexibility index (Phi) is 3.12. The second-order valence-corrected chi connectivity index (χ2v) is 6.95. The molecule has 26 heavy (non-hydrogen) atoms. The maximum atomic E-state index is 13.3. The fourth-order valence-electron chi connectivity index (χ4n) is 4.72. The first-order chi connectivity index (χ1) is 12.7. The van der Waals surface area contributed by atoms with Crippen LogP contribution in [0.25, 0.3) is 6.08 Å². The highest BCUT2D eigenvalue weighted by atomic mass is 16.2. The summed E-state index contributed by atoms with van der Waals surface area (Å²) in [6, 6.07) is 18.4. The molecule has 3 aliphatic rings. The number of fused-ring (bicyclic) bond motifs is 5. The molecular weight excluding hydrogens is 326 g/mol. The van der Waals surface area contributed by atoms with E-state index < -0.39 is 17.9 Å². The van der Waals surface area contributed by atoms with Gasteiger partial charge in [0.2, 0.25) is 11.8 Å². The highest BCUT2D eigenvalue weighted by molar-refractivity contribution is 6.22. The zero-order valence-electron chi connectivity index (χ0n) is 13.9. The lowest BCUT2D eigenvalue weighted by atomic mass is 9.85. The van der Waals surface area contributed by atoms with Crippen molar-refractivity contribution >= 4 is 23.6 Å². The van der Waals surface area contributed by atoms with Crippen LogP contribution in [0, 0.1) is 23.2 Å². The third-order valence-corrected chi connectivity index (χ3v) is 5.77. The van der Waals surface area contributed by atoms with E-state index in [1.54, 1.807) is 12.1 Å². The average molecular weight is 342 g/mol. The van der Waals surface area contributed by atoms with Gasteiger partial charge >= 0.3 is 0 Å². The number of amides is 2. The van der Waals surface area contributed by atoms with E-state index >= 15 is 0 Å². The van der Waals surface area contributed by atoms with E-state index in [4.69, 9.17) is 0 Å². The molecule has 0 saturated carbocycles. The summed E-state index contributed by atoms with van der Waals surface area (Å²) in [5, 5.41) is 9.77. The molecule has 5 nitrogen and oxygen atoms in total. The first-order valence-corrected chi connectivity index (χ1v) is 8.68. The van der Waals surface area contributed by atoms with Crippen LogP contribution in [-0.2, 0) is 9.59 Å². The summed E-state index contributed by atoms with van der Waals surface area (Å²) in [7, 11) is 0. The average Bonchev–Trinajstić information content (AvgIpc) is 3.15. The smallest absolute Gasteiger partial charge is 0.245 e. The molecule has 0 spiro atoms. The van der Waals surface area contributed by atoms with E-state index in [2.05, 4.69) is 6.07 Å². The topological polar surface area (TPSA) is 65.6 Å². The summed E-state index contributed by atoms with van der Waals surface area (Å²) in [4.78, 5) is 28.6. The van der Waals surface area contributed by atoms with Gasteiger partial charge in [-0.2, -0.15) is 5.26 Å². The summed E-state index contributed by atoms with van der Waals surface area (Å²) < 4.78 is 0. The van der Waals surface area contributed by atoms with Crippen molar-refractivity contribution in [3.05, 3.63) is 71.9 Å². The molecule has 5 atom stereocenters. The van der Waals surface area contributed by atoms with Crippen LogP contribution in [0.5, 0.6) is 0 Å². The fraction of sp³-hybridized carbons (Fsp3) is 0.190. The third-order valence-electron chi connectivity index (χ3n) is 5.77. The Hall–Kier alpha value is -3.23. The molecule has 2 saturated heterocycles. The monoisotopic (exact) mass is 342 g/mol. The van der Waals surface area contributed by atoms with Gasteiger partial charge < -0.3 is 0 Å². The summed E-state index contributed by atoms with van der Waals surface area (Å²) in [5.74, 6) is -1.57. The number of hydrogen-bond donors (Lipinski definition) is 1. The molecule has 0 aliphatic carbocycles. The Morgan fingerprint density at radius 3 is 2.38 bits per heavy atom. The van der Waals surface area contributed by atoms with Crippen LogP contribution >= 0.6 is 0 Å². The fourth-order valence-corrected chi connectivity index (χ4v) is 4.72. The van der Waals surface area contributed by atoms with Crippen LogP contribution in [0.2, 0.25) is 0 Å². The molecule has 1 N–H and O–H groups in total. The lowest BCUT2D eigenvalue weighted by Gasteiger charge is -2.28. The van der Waals surface area contributed by atoms with Gasteiger partial charge in [-0.25, -0.2) is 4.90 Å². The molecule has 0 aromatic heterocycles. The molecule has 5 heteroatoms. The van der Waals surface area contributed by atoms with Crippen molar-refractivity contribution in [2.45, 2.75) is 12.1 Å². The van der Waals surface area contributed by atoms with Gasteiger partial charge in [-0.05, 0) is 23.8 Å². The molecule has 2 amide bonds. The van der Waals surface area contributed by atoms with Crippen LogP contribution < -0.4 is 9.80 Å². The van der Waals surface area contributed by atoms with Crippen molar-refractivity contribution in [1.29, 1.82) is 5.26 Å². The van der Waals surface area contributed by atoms with Gasteiger partial charge in [-0.3, -0.25) is 14.5 Å². The van der Waals surface area contributed by atoms with Gasteiger partial charge in [0.05, 0.1) is 11.9 Å². The number of carbonyl (C=O) groups is 2. The quantitative estimate of drug-likeness (QED) is 0.795. The van der Waals surface area contributed by atoms with Crippen molar-refractivity contribution in [1.82, 2.24) is 0 Å². The number of imide groups is 1. The zero-order chi connectivity index (χ0) is 17.8. The van der Waals surface area contributed by atoms with Gasteiger partial charge in [-0.15, -0.1) is 0 Å². The van der Waals surface area contributed by atoms with Crippen LogP contribution in [0.15, 0.2) is 60.8 Å². The van der Waals surface area contributed by atoms with Crippen molar-refractivity contribution in [2.75, 3.05) is 4.90 Å². The summed E-state index contributed by atoms with van der Waals surface area (Å²) in [6.07, 6.45) is 3.92. The minimum absolute atomic E-state index is 0.198. The highest BCUT2D eigenvalue weighted by Crippen LogP contribution is 2.44. The number of quaternary nitrogens is 1. The SMILES string of the molecule is N#C[C@@H]1[C@@H]2C(=O)N(c3ccccc3)C(=O)[C@@H]2[C@H]2c3ccccc3C=C[NH+]12. The molecule has 126 valence electrons. The standard InChI is InChI=1S/C21H15N3O2/c22-12-16-17-18(19-15-9-5-4-6-13(15)10-11-23(16)19)21(26)24(20(17)25)14-7-2-1-3-8-14/h1-11,16-19H/p+1/t16-,17+,18+,19-/m1/s1. The molecule has 1 unspecified atom stereocenters. The lowest BCUT2D eigenvalue weighted by molar-refractivity contribution is -0.885. The number of nitrogens with one attached hydrogen (secondary N) is 1. The lowest BCUT2D eigenvalue weighted by Crippen LogP contribution is -3.10.